The van der Waals surface area contributed by atoms with Crippen molar-refractivity contribution in [3.05, 3.63) is 0 Å². The van der Waals surface area contributed by atoms with Gasteiger partial charge < -0.3 is 14.8 Å². The van der Waals surface area contributed by atoms with Gasteiger partial charge in [-0.1, -0.05) is 0 Å². The topological polar surface area (TPSA) is 47.6 Å². The zero-order chi connectivity index (χ0) is 9.26. The summed E-state index contributed by atoms with van der Waals surface area (Å²) in [5.41, 5.74) is 0. The second-order valence-electron chi connectivity index (χ2n) is 3.66. The van der Waals surface area contributed by atoms with Gasteiger partial charge in [0.1, 0.15) is 0 Å². The van der Waals surface area contributed by atoms with Crippen LogP contribution < -0.4 is 5.32 Å². The lowest BCUT2D eigenvalue weighted by molar-refractivity contribution is -0.145. The molecule has 0 bridgehead atoms. The van der Waals surface area contributed by atoms with E-state index >= 15 is 0 Å². The Morgan fingerprint density at radius 2 is 2.38 bits per heavy atom. The summed E-state index contributed by atoms with van der Waals surface area (Å²) in [7, 11) is 1.44. The van der Waals surface area contributed by atoms with Crippen molar-refractivity contribution in [3.63, 3.8) is 0 Å². The van der Waals surface area contributed by atoms with Crippen LogP contribution >= 0.6 is 0 Å². The number of methoxy groups -OCH3 is 1. The first-order valence-corrected chi connectivity index (χ1v) is 4.74. The molecular weight excluding hydrogens is 170 g/mol. The zero-order valence-electron chi connectivity index (χ0n) is 7.79. The molecule has 13 heavy (non-hydrogen) atoms. The standard InChI is InChI=1S/C9H15NO3/c1-12-9(11)6-4-7-8(5-6)13-3-2-10-7/h6-8,10H,2-5H2,1H3/t6-,7+,8-/m1/s1. The highest BCUT2D eigenvalue weighted by Crippen LogP contribution is 2.30. The summed E-state index contributed by atoms with van der Waals surface area (Å²) in [6.45, 7) is 1.66. The molecule has 3 atom stereocenters. The maximum absolute atomic E-state index is 11.3. The van der Waals surface area contributed by atoms with E-state index in [1.54, 1.807) is 0 Å². The van der Waals surface area contributed by atoms with Crippen molar-refractivity contribution in [2.24, 2.45) is 5.92 Å². The number of rotatable bonds is 1. The van der Waals surface area contributed by atoms with Gasteiger partial charge in [0, 0.05) is 12.6 Å². The van der Waals surface area contributed by atoms with Gasteiger partial charge in [-0.15, -0.1) is 0 Å². The summed E-state index contributed by atoms with van der Waals surface area (Å²) in [6, 6.07) is 0.359. The molecule has 1 saturated heterocycles. The number of carbonyl (C=O) groups excluding carboxylic acids is 1. The van der Waals surface area contributed by atoms with Gasteiger partial charge in [-0.2, -0.15) is 0 Å². The SMILES string of the molecule is COC(=O)[C@@H]1C[C@@H]2NCCO[C@@H]2C1. The van der Waals surface area contributed by atoms with Crippen LogP contribution in [0.4, 0.5) is 0 Å². The maximum atomic E-state index is 11.3. The van der Waals surface area contributed by atoms with E-state index in [9.17, 15) is 4.79 Å². The van der Waals surface area contributed by atoms with Crippen molar-refractivity contribution in [1.29, 1.82) is 0 Å². The fourth-order valence-corrected chi connectivity index (χ4v) is 2.21. The van der Waals surface area contributed by atoms with Gasteiger partial charge >= 0.3 is 5.97 Å². The molecule has 2 fully saturated rings. The summed E-state index contributed by atoms with van der Waals surface area (Å²) >= 11 is 0. The molecule has 1 saturated carbocycles. The average molecular weight is 185 g/mol. The van der Waals surface area contributed by atoms with Crippen molar-refractivity contribution in [2.75, 3.05) is 20.3 Å². The first-order chi connectivity index (χ1) is 6.31. The Morgan fingerprint density at radius 3 is 3.08 bits per heavy atom. The Bertz CT molecular complexity index is 193. The van der Waals surface area contributed by atoms with Crippen molar-refractivity contribution in [2.45, 2.75) is 25.0 Å². The molecule has 0 radical (unpaired) electrons. The fraction of sp³-hybridized carbons (Fsp3) is 0.889. The van der Waals surface area contributed by atoms with Crippen molar-refractivity contribution in [1.82, 2.24) is 5.32 Å². The number of fused-ring (bicyclic) bond motifs is 1. The van der Waals surface area contributed by atoms with Crippen LogP contribution in [0, 0.1) is 5.92 Å². The van der Waals surface area contributed by atoms with E-state index < -0.39 is 0 Å². The van der Waals surface area contributed by atoms with Crippen LogP contribution in [0.5, 0.6) is 0 Å². The third-order valence-corrected chi connectivity index (χ3v) is 2.88. The van der Waals surface area contributed by atoms with Gasteiger partial charge in [-0.3, -0.25) is 4.79 Å². The summed E-state index contributed by atoms with van der Waals surface area (Å²) in [6.07, 6.45) is 1.89. The summed E-state index contributed by atoms with van der Waals surface area (Å²) < 4.78 is 10.3. The number of carbonyl (C=O) groups is 1. The number of nitrogens with one attached hydrogen (secondary N) is 1. The molecule has 0 aromatic rings. The molecule has 1 aliphatic heterocycles. The summed E-state index contributed by atoms with van der Waals surface area (Å²) in [5, 5.41) is 3.36. The van der Waals surface area contributed by atoms with E-state index in [0.717, 1.165) is 26.0 Å². The fourth-order valence-electron chi connectivity index (χ4n) is 2.21. The van der Waals surface area contributed by atoms with Crippen LogP contribution in [0.3, 0.4) is 0 Å². The van der Waals surface area contributed by atoms with Crippen LogP contribution in [-0.4, -0.2) is 38.4 Å². The molecule has 1 aliphatic carbocycles. The van der Waals surface area contributed by atoms with Gasteiger partial charge in [0.05, 0.1) is 25.7 Å². The van der Waals surface area contributed by atoms with Crippen molar-refractivity contribution in [3.8, 4) is 0 Å². The maximum Gasteiger partial charge on any atom is 0.308 e. The summed E-state index contributed by atoms with van der Waals surface area (Å²) in [4.78, 5) is 11.3. The lowest BCUT2D eigenvalue weighted by atomic mass is 10.1. The Hall–Kier alpha value is -0.610. The normalized spacial score (nSPS) is 38.4. The minimum Gasteiger partial charge on any atom is -0.469 e. The largest absolute Gasteiger partial charge is 0.469 e. The van der Waals surface area contributed by atoms with Crippen LogP contribution in [0.1, 0.15) is 12.8 Å². The third kappa shape index (κ3) is 1.69. The first-order valence-electron chi connectivity index (χ1n) is 4.74. The predicted octanol–water partition coefficient (Wildman–Crippen LogP) is -0.0736. The predicted molar refractivity (Wildman–Crippen MR) is 46.3 cm³/mol. The molecule has 74 valence electrons. The second kappa shape index (κ2) is 3.64. The Labute approximate surface area is 77.6 Å². The molecule has 0 amide bonds. The molecule has 2 rings (SSSR count). The van der Waals surface area contributed by atoms with Crippen molar-refractivity contribution >= 4 is 5.97 Å². The Balaban J connectivity index is 1.94. The lowest BCUT2D eigenvalue weighted by Crippen LogP contribution is -2.44. The zero-order valence-corrected chi connectivity index (χ0v) is 7.79. The van der Waals surface area contributed by atoms with E-state index in [-0.39, 0.29) is 18.0 Å². The lowest BCUT2D eigenvalue weighted by Gasteiger charge is -2.26. The van der Waals surface area contributed by atoms with E-state index in [4.69, 9.17) is 9.47 Å². The number of esters is 1. The number of morpholine rings is 1. The molecule has 4 heteroatoms. The highest BCUT2D eigenvalue weighted by molar-refractivity contribution is 5.72. The molecule has 0 unspecified atom stereocenters. The molecule has 1 heterocycles. The monoisotopic (exact) mass is 185 g/mol. The molecule has 0 spiro atoms. The van der Waals surface area contributed by atoms with E-state index in [1.807, 2.05) is 0 Å². The quantitative estimate of drug-likeness (QED) is 0.581. The molecule has 4 nitrogen and oxygen atoms in total. The second-order valence-corrected chi connectivity index (χ2v) is 3.66. The van der Waals surface area contributed by atoms with E-state index in [1.165, 1.54) is 7.11 Å². The van der Waals surface area contributed by atoms with E-state index in [2.05, 4.69) is 5.32 Å². The Morgan fingerprint density at radius 1 is 1.54 bits per heavy atom. The van der Waals surface area contributed by atoms with Crippen molar-refractivity contribution < 1.29 is 14.3 Å². The first kappa shape index (κ1) is 8.97. The van der Waals surface area contributed by atoms with Crippen LogP contribution in [0.25, 0.3) is 0 Å². The number of hydrogen-bond acceptors (Lipinski definition) is 4. The summed E-state index contributed by atoms with van der Waals surface area (Å²) in [5.74, 6) is -0.0644. The average Bonchev–Trinajstić information content (AvgIpc) is 2.59. The minimum atomic E-state index is -0.0974. The smallest absolute Gasteiger partial charge is 0.308 e. The van der Waals surface area contributed by atoms with Gasteiger partial charge in [-0.25, -0.2) is 0 Å². The van der Waals surface area contributed by atoms with Crippen LogP contribution in [0.15, 0.2) is 0 Å². The van der Waals surface area contributed by atoms with Crippen LogP contribution in [-0.2, 0) is 14.3 Å². The molecular formula is C9H15NO3. The molecule has 0 aromatic carbocycles. The highest BCUT2D eigenvalue weighted by atomic mass is 16.5. The van der Waals surface area contributed by atoms with Gasteiger partial charge in [-0.05, 0) is 12.8 Å². The highest BCUT2D eigenvalue weighted by Gasteiger charge is 2.40. The van der Waals surface area contributed by atoms with Crippen LogP contribution in [0.2, 0.25) is 0 Å². The minimum absolute atomic E-state index is 0.0330. The number of hydrogen-bond donors (Lipinski definition) is 1. The van der Waals surface area contributed by atoms with E-state index in [0.29, 0.717) is 6.04 Å². The van der Waals surface area contributed by atoms with Gasteiger partial charge in [0.15, 0.2) is 0 Å². The molecule has 2 aliphatic rings. The molecule has 1 N–H and O–H groups in total. The Kier molecular flexibility index (Phi) is 2.51. The third-order valence-electron chi connectivity index (χ3n) is 2.88. The molecule has 0 aromatic heterocycles. The number of ether oxygens (including phenoxy) is 2. The van der Waals surface area contributed by atoms with Gasteiger partial charge in [0.2, 0.25) is 0 Å². The van der Waals surface area contributed by atoms with Gasteiger partial charge in [0.25, 0.3) is 0 Å².